The van der Waals surface area contributed by atoms with E-state index in [0.717, 1.165) is 68.1 Å². The van der Waals surface area contributed by atoms with Crippen LogP contribution in [0.4, 0.5) is 27.7 Å². The third kappa shape index (κ3) is 4.96. The van der Waals surface area contributed by atoms with E-state index in [-0.39, 0.29) is 34.7 Å². The number of primary amides is 1. The number of carbonyl (C=O) groups excluding carboxylic acids is 3. The third-order valence-electron chi connectivity index (χ3n) is 10.9. The minimum atomic E-state index is -0.364. The first kappa shape index (κ1) is 28.9. The minimum Gasteiger partial charge on any atom is -0.369 e. The summed E-state index contributed by atoms with van der Waals surface area (Å²) in [6.45, 7) is 10.1. The number of piperazine rings is 1. The van der Waals surface area contributed by atoms with E-state index in [2.05, 4.69) is 33.3 Å². The number of pyridine rings is 1. The topological polar surface area (TPSA) is 115 Å². The summed E-state index contributed by atoms with van der Waals surface area (Å²) >= 11 is 0. The van der Waals surface area contributed by atoms with Gasteiger partial charge >= 0.3 is 6.03 Å². The van der Waals surface area contributed by atoms with Gasteiger partial charge in [-0.05, 0) is 74.1 Å². The summed E-state index contributed by atoms with van der Waals surface area (Å²) < 4.78 is 0. The third-order valence-corrected chi connectivity index (χ3v) is 10.9. The molecule has 234 valence electrons. The number of hydrogen-bond acceptors (Lipinski definition) is 6. The number of amides is 4. The van der Waals surface area contributed by atoms with Gasteiger partial charge in [-0.15, -0.1) is 0 Å². The van der Waals surface area contributed by atoms with Crippen molar-refractivity contribution >= 4 is 40.7 Å². The average Bonchev–Trinajstić information content (AvgIpc) is 3.01. The molecule has 1 saturated heterocycles. The van der Waals surface area contributed by atoms with Gasteiger partial charge in [0.1, 0.15) is 5.82 Å². The van der Waals surface area contributed by atoms with Gasteiger partial charge in [0, 0.05) is 56.1 Å². The van der Waals surface area contributed by atoms with Gasteiger partial charge in [-0.1, -0.05) is 32.9 Å². The number of carbonyl (C=O) groups is 3. The predicted molar refractivity (Wildman–Crippen MR) is 171 cm³/mol. The summed E-state index contributed by atoms with van der Waals surface area (Å²) in [4.78, 5) is 52.0. The van der Waals surface area contributed by atoms with Crippen molar-refractivity contribution in [2.24, 2.45) is 34.3 Å². The van der Waals surface area contributed by atoms with Crippen LogP contribution in [0.5, 0.6) is 0 Å². The van der Waals surface area contributed by atoms with Crippen molar-refractivity contribution in [1.29, 1.82) is 0 Å². The molecular formula is C34H45N7O3. The van der Waals surface area contributed by atoms with E-state index in [1.807, 2.05) is 55.0 Å². The molecule has 3 heterocycles. The van der Waals surface area contributed by atoms with E-state index in [4.69, 9.17) is 10.7 Å². The Morgan fingerprint density at radius 2 is 1.57 bits per heavy atom. The SMILES string of the molecule is CC(C)(C)C(=O)N1CCN(c2ccc(N3CCN(C(=O)NC4C5CC6CC4CC(C(N)=O)(C6)C5)c4ccccc43)nc2)CC1. The fourth-order valence-corrected chi connectivity index (χ4v) is 8.96. The number of nitrogens with zero attached hydrogens (tertiary/aromatic N) is 5. The molecule has 8 rings (SSSR count). The standard InChI is InChI=1S/C34H45N7O3/c1-33(2,3)31(43)39-12-10-38(11-13-39)25-8-9-28(36-21-25)40-14-15-41(27-7-5-4-6-26(27)40)32(44)37-29-23-16-22-17-24(29)20-34(18-22,19-23)30(35)42/h4-9,21-24,29H,10-20H2,1-3H3,(H2,35,42)(H,37,44). The molecule has 4 saturated carbocycles. The first-order chi connectivity index (χ1) is 21.0. The van der Waals surface area contributed by atoms with Gasteiger partial charge in [0.2, 0.25) is 11.8 Å². The smallest absolute Gasteiger partial charge is 0.322 e. The molecule has 1 aromatic carbocycles. The van der Waals surface area contributed by atoms with E-state index >= 15 is 0 Å². The lowest BCUT2D eigenvalue weighted by Gasteiger charge is -2.59. The molecule has 10 heteroatoms. The number of rotatable bonds is 4. The fourth-order valence-electron chi connectivity index (χ4n) is 8.96. The molecule has 2 aliphatic heterocycles. The van der Waals surface area contributed by atoms with E-state index in [1.165, 1.54) is 0 Å². The van der Waals surface area contributed by atoms with Crippen LogP contribution < -0.4 is 25.8 Å². The van der Waals surface area contributed by atoms with Crippen LogP contribution in [0, 0.1) is 28.6 Å². The maximum atomic E-state index is 13.8. The molecular weight excluding hydrogens is 554 g/mol. The summed E-state index contributed by atoms with van der Waals surface area (Å²) in [5.74, 6) is 2.09. The largest absolute Gasteiger partial charge is 0.369 e. The Morgan fingerprint density at radius 1 is 0.886 bits per heavy atom. The normalized spacial score (nSPS) is 29.4. The van der Waals surface area contributed by atoms with Crippen LogP contribution in [0.15, 0.2) is 42.6 Å². The average molecular weight is 600 g/mol. The van der Waals surface area contributed by atoms with Gasteiger partial charge in [0.15, 0.2) is 0 Å². The first-order valence-corrected chi connectivity index (χ1v) is 16.3. The summed E-state index contributed by atoms with van der Waals surface area (Å²) in [7, 11) is 0. The highest BCUT2D eigenvalue weighted by molar-refractivity contribution is 5.98. The van der Waals surface area contributed by atoms with Crippen molar-refractivity contribution in [2.45, 2.75) is 58.9 Å². The molecule has 1 aromatic heterocycles. The first-order valence-electron chi connectivity index (χ1n) is 16.3. The van der Waals surface area contributed by atoms with Gasteiger partial charge in [0.25, 0.3) is 0 Å². The Kier molecular flexibility index (Phi) is 7.01. The Balaban J connectivity index is 1.02. The van der Waals surface area contributed by atoms with Crippen molar-refractivity contribution in [3.05, 3.63) is 42.6 Å². The number of aromatic nitrogens is 1. The van der Waals surface area contributed by atoms with E-state index in [1.54, 1.807) is 0 Å². The maximum Gasteiger partial charge on any atom is 0.322 e. The van der Waals surface area contributed by atoms with E-state index in [9.17, 15) is 14.4 Å². The number of benzene rings is 1. The van der Waals surface area contributed by atoms with Crippen molar-refractivity contribution < 1.29 is 14.4 Å². The van der Waals surface area contributed by atoms with Gasteiger partial charge < -0.3 is 25.8 Å². The minimum absolute atomic E-state index is 0.0601. The van der Waals surface area contributed by atoms with Gasteiger partial charge in [0.05, 0.1) is 23.3 Å². The molecule has 3 N–H and O–H groups in total. The van der Waals surface area contributed by atoms with E-state index in [0.29, 0.717) is 43.9 Å². The highest BCUT2D eigenvalue weighted by Gasteiger charge is 2.58. The molecule has 2 atom stereocenters. The molecule has 2 unspecified atom stereocenters. The molecule has 4 bridgehead atoms. The Labute approximate surface area is 259 Å². The van der Waals surface area contributed by atoms with E-state index < -0.39 is 0 Å². The van der Waals surface area contributed by atoms with Crippen molar-refractivity contribution in [3.8, 4) is 0 Å². The zero-order valence-electron chi connectivity index (χ0n) is 26.2. The zero-order valence-corrected chi connectivity index (χ0v) is 26.2. The zero-order chi connectivity index (χ0) is 30.8. The summed E-state index contributed by atoms with van der Waals surface area (Å²) in [6.07, 6.45) is 6.60. The maximum absolute atomic E-state index is 13.8. The number of urea groups is 1. The van der Waals surface area contributed by atoms with Crippen LogP contribution in [-0.2, 0) is 9.59 Å². The van der Waals surface area contributed by atoms with Gasteiger partial charge in [-0.3, -0.25) is 14.5 Å². The highest BCUT2D eigenvalue weighted by atomic mass is 16.2. The number of para-hydroxylation sites is 2. The van der Waals surface area contributed by atoms with Crippen LogP contribution >= 0.6 is 0 Å². The Bertz CT molecular complexity index is 1430. The monoisotopic (exact) mass is 599 g/mol. The van der Waals surface area contributed by atoms with Gasteiger partial charge in [-0.2, -0.15) is 0 Å². The number of nitrogens with two attached hydrogens (primary N) is 1. The van der Waals surface area contributed by atoms with Gasteiger partial charge in [-0.25, -0.2) is 9.78 Å². The molecule has 4 amide bonds. The second-order valence-electron chi connectivity index (χ2n) is 14.8. The lowest BCUT2D eigenvalue weighted by molar-refractivity contribution is -0.145. The van der Waals surface area contributed by atoms with Crippen molar-refractivity contribution in [3.63, 3.8) is 0 Å². The lowest BCUT2D eigenvalue weighted by Crippen LogP contribution is -2.63. The second-order valence-corrected chi connectivity index (χ2v) is 14.8. The molecule has 10 nitrogen and oxygen atoms in total. The number of fused-ring (bicyclic) bond motifs is 1. The van der Waals surface area contributed by atoms with Crippen molar-refractivity contribution in [1.82, 2.24) is 15.2 Å². The molecule has 0 spiro atoms. The van der Waals surface area contributed by atoms with Crippen LogP contribution in [-0.4, -0.2) is 73.0 Å². The summed E-state index contributed by atoms with van der Waals surface area (Å²) in [6, 6.07) is 12.2. The molecule has 44 heavy (non-hydrogen) atoms. The van der Waals surface area contributed by atoms with Crippen molar-refractivity contribution in [2.75, 3.05) is 54.0 Å². The Hall–Kier alpha value is -3.82. The predicted octanol–water partition coefficient (Wildman–Crippen LogP) is 4.12. The highest BCUT2D eigenvalue weighted by Crippen LogP contribution is 2.60. The Morgan fingerprint density at radius 3 is 2.18 bits per heavy atom. The molecule has 6 aliphatic rings. The molecule has 5 fully saturated rings. The van der Waals surface area contributed by atoms with Crippen LogP contribution in [0.2, 0.25) is 0 Å². The lowest BCUT2D eigenvalue weighted by atomic mass is 9.47. The molecule has 2 aromatic rings. The second kappa shape index (κ2) is 10.7. The summed E-state index contributed by atoms with van der Waals surface area (Å²) in [5.41, 5.74) is 8.04. The number of anilines is 4. The van der Waals surface area contributed by atoms with Crippen LogP contribution in [0.3, 0.4) is 0 Å². The van der Waals surface area contributed by atoms with Crippen LogP contribution in [0.1, 0.15) is 52.9 Å². The number of hydrogen-bond donors (Lipinski definition) is 2. The van der Waals surface area contributed by atoms with Crippen LogP contribution in [0.25, 0.3) is 0 Å². The molecule has 4 aliphatic carbocycles. The summed E-state index contributed by atoms with van der Waals surface area (Å²) in [5, 5.41) is 3.42. The fraction of sp³-hybridized carbons (Fsp3) is 0.588. The molecule has 0 radical (unpaired) electrons. The number of nitrogens with one attached hydrogen (secondary N) is 1. The quantitative estimate of drug-likeness (QED) is 0.547.